The number of furan rings is 1. The number of rotatable bonds is 4. The lowest BCUT2D eigenvalue weighted by atomic mass is 10.2. The van der Waals surface area contributed by atoms with Crippen molar-refractivity contribution in [1.29, 1.82) is 0 Å². The first kappa shape index (κ1) is 15.3. The van der Waals surface area contributed by atoms with Crippen LogP contribution in [0.5, 0.6) is 0 Å². The molecule has 0 bridgehead atoms. The van der Waals surface area contributed by atoms with Gasteiger partial charge in [0.1, 0.15) is 0 Å². The number of benzene rings is 1. The zero-order valence-electron chi connectivity index (χ0n) is 12.9. The molecule has 0 aliphatic carbocycles. The van der Waals surface area contributed by atoms with Crippen LogP contribution in [0.25, 0.3) is 21.0 Å². The predicted octanol–water partition coefficient (Wildman–Crippen LogP) is 3.74. The maximum Gasteiger partial charge on any atom is 0.310 e. The van der Waals surface area contributed by atoms with Crippen LogP contribution in [0.15, 0.2) is 40.8 Å². The number of carbonyl (C=O) groups is 1. The van der Waals surface area contributed by atoms with Crippen molar-refractivity contribution in [3.63, 3.8) is 0 Å². The van der Waals surface area contributed by atoms with Crippen LogP contribution in [0.1, 0.15) is 29.8 Å². The molecule has 1 amide bonds. The maximum absolute atomic E-state index is 12.1. The first-order chi connectivity index (χ1) is 11.8. The lowest BCUT2D eigenvalue weighted by Crippen LogP contribution is -2.32. The molecule has 1 fully saturated rings. The molecular weight excluding hydrogens is 328 g/mol. The minimum Gasteiger partial charge on any atom is -0.448 e. The zero-order chi connectivity index (χ0) is 16.4. The Hall–Kier alpha value is -2.22. The van der Waals surface area contributed by atoms with Crippen molar-refractivity contribution >= 4 is 27.5 Å². The normalized spacial score (nSPS) is 17.9. The zero-order valence-corrected chi connectivity index (χ0v) is 13.7. The van der Waals surface area contributed by atoms with Crippen molar-refractivity contribution in [2.75, 3.05) is 6.61 Å². The van der Waals surface area contributed by atoms with Gasteiger partial charge in [-0.15, -0.1) is 11.3 Å². The number of thiazole rings is 1. The summed E-state index contributed by atoms with van der Waals surface area (Å²) < 4.78 is 12.1. The second-order valence-corrected chi connectivity index (χ2v) is 6.53. The third-order valence-corrected chi connectivity index (χ3v) is 4.81. The third-order valence-electron chi connectivity index (χ3n) is 3.76. The van der Waals surface area contributed by atoms with Crippen LogP contribution in [-0.4, -0.2) is 23.8 Å². The minimum absolute atomic E-state index is 0.181. The molecule has 2 aromatic heterocycles. The molecule has 0 radical (unpaired) electrons. The number of ether oxygens (including phenoxy) is 1. The van der Waals surface area contributed by atoms with Crippen LogP contribution < -0.4 is 5.48 Å². The van der Waals surface area contributed by atoms with Gasteiger partial charge in [0.2, 0.25) is 0 Å². The third kappa shape index (κ3) is 3.19. The van der Waals surface area contributed by atoms with E-state index >= 15 is 0 Å². The Morgan fingerprint density at radius 2 is 2.17 bits per heavy atom. The molecule has 1 saturated heterocycles. The number of fused-ring (bicyclic) bond motifs is 1. The van der Waals surface area contributed by atoms with E-state index in [1.165, 1.54) is 11.3 Å². The standard InChI is InChI=1S/C17H16N2O4S/c20-16(19-23-15-7-3-4-10-21-15)12-8-9-13(22-12)17-18-11-5-1-2-6-14(11)24-17/h1-2,5-6,8-9,15H,3-4,7,10H2,(H,19,20)/t15-/m1/s1. The van der Waals surface area contributed by atoms with Gasteiger partial charge in [0.05, 0.1) is 10.2 Å². The SMILES string of the molecule is O=C(NO[C@@H]1CCCCO1)c1ccc(-c2nc3ccccc3s2)o1. The summed E-state index contributed by atoms with van der Waals surface area (Å²) in [6.45, 7) is 0.656. The van der Waals surface area contributed by atoms with Crippen LogP contribution in [0, 0.1) is 0 Å². The molecule has 24 heavy (non-hydrogen) atoms. The summed E-state index contributed by atoms with van der Waals surface area (Å²) in [4.78, 5) is 21.9. The molecule has 1 N–H and O–H groups in total. The fraction of sp³-hybridized carbons (Fsp3) is 0.294. The molecule has 6 nitrogen and oxygen atoms in total. The highest BCUT2D eigenvalue weighted by molar-refractivity contribution is 7.21. The highest BCUT2D eigenvalue weighted by atomic mass is 32.1. The number of hydrogen-bond donors (Lipinski definition) is 1. The Bertz CT molecular complexity index is 818. The summed E-state index contributed by atoms with van der Waals surface area (Å²) in [5.74, 6) is 0.312. The Labute approximate surface area is 142 Å². The molecule has 4 rings (SSSR count). The van der Waals surface area contributed by atoms with E-state index < -0.39 is 5.91 Å². The van der Waals surface area contributed by atoms with Gasteiger partial charge in [-0.2, -0.15) is 0 Å². The van der Waals surface area contributed by atoms with Gasteiger partial charge < -0.3 is 9.15 Å². The molecule has 0 unspecified atom stereocenters. The highest BCUT2D eigenvalue weighted by Gasteiger charge is 2.19. The van der Waals surface area contributed by atoms with Gasteiger partial charge in [-0.25, -0.2) is 15.3 Å². The minimum atomic E-state index is -0.434. The second-order valence-electron chi connectivity index (χ2n) is 5.50. The van der Waals surface area contributed by atoms with Gasteiger partial charge in [0, 0.05) is 13.0 Å². The number of aromatic nitrogens is 1. The molecule has 7 heteroatoms. The smallest absolute Gasteiger partial charge is 0.310 e. The summed E-state index contributed by atoms with van der Waals surface area (Å²) in [5, 5.41) is 0.742. The maximum atomic E-state index is 12.1. The quantitative estimate of drug-likeness (QED) is 0.730. The molecular formula is C17H16N2O4S. The molecule has 1 aromatic carbocycles. The number of hydrogen-bond acceptors (Lipinski definition) is 6. The number of nitrogens with one attached hydrogen (secondary N) is 1. The van der Waals surface area contributed by atoms with E-state index in [4.69, 9.17) is 14.0 Å². The van der Waals surface area contributed by atoms with Crippen LogP contribution in [0.3, 0.4) is 0 Å². The van der Waals surface area contributed by atoms with Crippen LogP contribution >= 0.6 is 11.3 Å². The second kappa shape index (κ2) is 6.72. The lowest BCUT2D eigenvalue weighted by Gasteiger charge is -2.21. The number of nitrogens with zero attached hydrogens (tertiary/aromatic N) is 1. The predicted molar refractivity (Wildman–Crippen MR) is 89.5 cm³/mol. The van der Waals surface area contributed by atoms with E-state index in [-0.39, 0.29) is 12.1 Å². The van der Waals surface area contributed by atoms with Crippen molar-refractivity contribution in [3.8, 4) is 10.8 Å². The molecule has 3 aromatic rings. The van der Waals surface area contributed by atoms with Crippen molar-refractivity contribution in [1.82, 2.24) is 10.5 Å². The van der Waals surface area contributed by atoms with Crippen LogP contribution in [0.4, 0.5) is 0 Å². The Morgan fingerprint density at radius 1 is 1.25 bits per heavy atom. The van der Waals surface area contributed by atoms with E-state index in [1.807, 2.05) is 24.3 Å². The summed E-state index contributed by atoms with van der Waals surface area (Å²) in [6.07, 6.45) is 2.44. The molecule has 0 spiro atoms. The molecule has 1 aliphatic rings. The van der Waals surface area contributed by atoms with Crippen molar-refractivity contribution in [3.05, 3.63) is 42.2 Å². The van der Waals surface area contributed by atoms with E-state index in [9.17, 15) is 4.79 Å². The summed E-state index contributed by atoms with van der Waals surface area (Å²) in [7, 11) is 0. The number of amides is 1. The largest absolute Gasteiger partial charge is 0.448 e. The van der Waals surface area contributed by atoms with E-state index in [0.29, 0.717) is 12.4 Å². The molecule has 1 aliphatic heterocycles. The molecule has 124 valence electrons. The number of carbonyl (C=O) groups excluding carboxylic acids is 1. The number of hydroxylamine groups is 1. The molecule has 1 atom stereocenters. The van der Waals surface area contributed by atoms with E-state index in [1.54, 1.807) is 12.1 Å². The monoisotopic (exact) mass is 344 g/mol. The first-order valence-electron chi connectivity index (χ1n) is 7.83. The van der Waals surface area contributed by atoms with E-state index in [2.05, 4.69) is 10.5 Å². The van der Waals surface area contributed by atoms with Crippen LogP contribution in [0.2, 0.25) is 0 Å². The van der Waals surface area contributed by atoms with Gasteiger partial charge in [0.25, 0.3) is 0 Å². The van der Waals surface area contributed by atoms with E-state index in [0.717, 1.165) is 34.5 Å². The average Bonchev–Trinajstić information content (AvgIpc) is 3.27. The lowest BCUT2D eigenvalue weighted by molar-refractivity contribution is -0.187. The van der Waals surface area contributed by atoms with Gasteiger partial charge >= 0.3 is 5.91 Å². The van der Waals surface area contributed by atoms with Crippen molar-refractivity contribution < 1.29 is 18.8 Å². The molecule has 3 heterocycles. The first-order valence-corrected chi connectivity index (χ1v) is 8.64. The van der Waals surface area contributed by atoms with Gasteiger partial charge in [0.15, 0.2) is 22.8 Å². The number of para-hydroxylation sites is 1. The Morgan fingerprint density at radius 3 is 3.00 bits per heavy atom. The molecule has 0 saturated carbocycles. The van der Waals surface area contributed by atoms with Gasteiger partial charge in [-0.1, -0.05) is 12.1 Å². The summed E-state index contributed by atoms with van der Waals surface area (Å²) in [5.41, 5.74) is 3.30. The Balaban J connectivity index is 1.44. The Kier molecular flexibility index (Phi) is 4.29. The fourth-order valence-electron chi connectivity index (χ4n) is 2.53. The van der Waals surface area contributed by atoms with Gasteiger partial charge in [-0.05, 0) is 37.1 Å². The summed E-state index contributed by atoms with van der Waals surface area (Å²) >= 11 is 1.52. The van der Waals surface area contributed by atoms with Gasteiger partial charge in [-0.3, -0.25) is 4.79 Å². The summed E-state index contributed by atoms with van der Waals surface area (Å²) in [6, 6.07) is 11.2. The average molecular weight is 344 g/mol. The topological polar surface area (TPSA) is 73.6 Å². The van der Waals surface area contributed by atoms with Crippen molar-refractivity contribution in [2.24, 2.45) is 0 Å². The highest BCUT2D eigenvalue weighted by Crippen LogP contribution is 2.31. The van der Waals surface area contributed by atoms with Crippen LogP contribution in [-0.2, 0) is 9.57 Å². The van der Waals surface area contributed by atoms with Crippen molar-refractivity contribution in [2.45, 2.75) is 25.6 Å². The fourth-order valence-corrected chi connectivity index (χ4v) is 3.45.